The van der Waals surface area contributed by atoms with Gasteiger partial charge in [-0.3, -0.25) is 0 Å². The zero-order chi connectivity index (χ0) is 17.8. The monoisotopic (exact) mass is 373 g/mol. The summed E-state index contributed by atoms with van der Waals surface area (Å²) in [6.07, 6.45) is 1.67. The van der Waals surface area contributed by atoms with Crippen LogP contribution in [-0.2, 0) is 0 Å². The molecule has 0 aliphatic carbocycles. The van der Waals surface area contributed by atoms with Crippen LogP contribution in [0.1, 0.15) is 0 Å². The summed E-state index contributed by atoms with van der Waals surface area (Å²) < 4.78 is 0. The van der Waals surface area contributed by atoms with E-state index in [4.69, 9.17) is 23.2 Å². The molecule has 0 unspecified atom stereocenters. The third-order valence-electron chi connectivity index (χ3n) is 3.49. The van der Waals surface area contributed by atoms with Crippen molar-refractivity contribution in [1.82, 2.24) is 9.97 Å². The molecule has 0 radical (unpaired) electrons. The van der Waals surface area contributed by atoms with Crippen LogP contribution in [0.4, 0.5) is 28.8 Å². The second-order valence-corrected chi connectivity index (χ2v) is 6.42. The molecule has 25 heavy (non-hydrogen) atoms. The number of anilines is 5. The molecule has 0 amide bonds. The van der Waals surface area contributed by atoms with Gasteiger partial charge in [0.1, 0.15) is 5.82 Å². The van der Waals surface area contributed by atoms with Gasteiger partial charge in [-0.1, -0.05) is 23.2 Å². The van der Waals surface area contributed by atoms with Gasteiger partial charge in [0.05, 0.1) is 10.7 Å². The minimum Gasteiger partial charge on any atom is -0.378 e. The van der Waals surface area contributed by atoms with Crippen LogP contribution < -0.4 is 15.5 Å². The Morgan fingerprint density at radius 3 is 2.40 bits per heavy atom. The maximum atomic E-state index is 6.16. The van der Waals surface area contributed by atoms with Crippen molar-refractivity contribution < 1.29 is 0 Å². The molecular weight excluding hydrogens is 357 g/mol. The van der Waals surface area contributed by atoms with Crippen molar-refractivity contribution in [1.29, 1.82) is 0 Å². The third kappa shape index (κ3) is 4.53. The largest absolute Gasteiger partial charge is 0.378 e. The molecule has 1 heterocycles. The van der Waals surface area contributed by atoms with Crippen LogP contribution in [0, 0.1) is 0 Å². The van der Waals surface area contributed by atoms with E-state index in [-0.39, 0.29) is 0 Å². The number of halogens is 2. The minimum atomic E-state index is 0.430. The molecule has 0 fully saturated rings. The van der Waals surface area contributed by atoms with Crippen LogP contribution in [0.3, 0.4) is 0 Å². The SMILES string of the molecule is CN(C)c1ccc(Nc2ccnc(Nc3cc(Cl)ccc3Cl)n2)cc1. The van der Waals surface area contributed by atoms with Gasteiger partial charge in [0.2, 0.25) is 5.95 Å². The van der Waals surface area contributed by atoms with Crippen LogP contribution in [-0.4, -0.2) is 24.1 Å². The lowest BCUT2D eigenvalue weighted by molar-refractivity contribution is 1.13. The molecule has 1 aromatic heterocycles. The molecule has 0 saturated heterocycles. The zero-order valence-electron chi connectivity index (χ0n) is 13.8. The molecule has 2 aromatic carbocycles. The summed E-state index contributed by atoms with van der Waals surface area (Å²) in [7, 11) is 4.01. The zero-order valence-corrected chi connectivity index (χ0v) is 15.3. The number of nitrogens with zero attached hydrogens (tertiary/aromatic N) is 3. The Hall–Kier alpha value is -2.50. The van der Waals surface area contributed by atoms with Crippen LogP contribution in [0.2, 0.25) is 10.0 Å². The average molecular weight is 374 g/mol. The first-order valence-electron chi connectivity index (χ1n) is 7.61. The van der Waals surface area contributed by atoms with E-state index < -0.39 is 0 Å². The van der Waals surface area contributed by atoms with Crippen LogP contribution >= 0.6 is 23.2 Å². The van der Waals surface area contributed by atoms with Crippen molar-refractivity contribution in [3.63, 3.8) is 0 Å². The normalized spacial score (nSPS) is 10.4. The van der Waals surface area contributed by atoms with Crippen molar-refractivity contribution >= 4 is 52.0 Å². The van der Waals surface area contributed by atoms with E-state index in [1.165, 1.54) is 0 Å². The van der Waals surface area contributed by atoms with Crippen molar-refractivity contribution in [2.24, 2.45) is 0 Å². The van der Waals surface area contributed by atoms with Gasteiger partial charge in [-0.2, -0.15) is 4.98 Å². The molecule has 7 heteroatoms. The molecule has 0 saturated carbocycles. The summed E-state index contributed by atoms with van der Waals surface area (Å²) in [6.45, 7) is 0. The third-order valence-corrected chi connectivity index (χ3v) is 4.05. The van der Waals surface area contributed by atoms with Gasteiger partial charge in [0.15, 0.2) is 0 Å². The average Bonchev–Trinajstić information content (AvgIpc) is 2.59. The lowest BCUT2D eigenvalue weighted by atomic mass is 10.2. The molecule has 0 atom stereocenters. The Bertz CT molecular complexity index is 866. The summed E-state index contributed by atoms with van der Waals surface area (Å²) in [6, 6.07) is 15.0. The predicted molar refractivity (Wildman–Crippen MR) is 106 cm³/mol. The summed E-state index contributed by atoms with van der Waals surface area (Å²) in [5.41, 5.74) is 2.73. The van der Waals surface area contributed by atoms with Gasteiger partial charge < -0.3 is 15.5 Å². The van der Waals surface area contributed by atoms with Gasteiger partial charge in [-0.25, -0.2) is 4.98 Å². The molecule has 0 aliphatic rings. The Morgan fingerprint density at radius 2 is 1.68 bits per heavy atom. The molecule has 3 rings (SSSR count). The molecule has 3 aromatic rings. The van der Waals surface area contributed by atoms with E-state index >= 15 is 0 Å². The van der Waals surface area contributed by atoms with E-state index in [0.29, 0.717) is 27.5 Å². The summed E-state index contributed by atoms with van der Waals surface area (Å²) in [5.74, 6) is 1.10. The van der Waals surface area contributed by atoms with Crippen molar-refractivity contribution in [3.05, 3.63) is 64.8 Å². The van der Waals surface area contributed by atoms with Crippen molar-refractivity contribution in [3.8, 4) is 0 Å². The molecule has 0 bridgehead atoms. The van der Waals surface area contributed by atoms with E-state index in [0.717, 1.165) is 11.4 Å². The maximum Gasteiger partial charge on any atom is 0.229 e. The first-order valence-corrected chi connectivity index (χ1v) is 8.36. The molecule has 2 N–H and O–H groups in total. The fourth-order valence-corrected chi connectivity index (χ4v) is 2.53. The molecule has 0 aliphatic heterocycles. The molecular formula is C18H17Cl2N5. The lowest BCUT2D eigenvalue weighted by Crippen LogP contribution is -2.08. The quantitative estimate of drug-likeness (QED) is 0.632. The topological polar surface area (TPSA) is 53.1 Å². The highest BCUT2D eigenvalue weighted by atomic mass is 35.5. The fourth-order valence-electron chi connectivity index (χ4n) is 2.19. The smallest absolute Gasteiger partial charge is 0.229 e. The Balaban J connectivity index is 1.76. The van der Waals surface area contributed by atoms with E-state index in [1.54, 1.807) is 30.5 Å². The van der Waals surface area contributed by atoms with Gasteiger partial charge in [0, 0.05) is 36.7 Å². The summed E-state index contributed by atoms with van der Waals surface area (Å²) in [5, 5.41) is 7.46. The molecule has 0 spiro atoms. The van der Waals surface area contributed by atoms with E-state index in [2.05, 4.69) is 20.6 Å². The Labute approximate surface area is 156 Å². The van der Waals surface area contributed by atoms with Crippen LogP contribution in [0.25, 0.3) is 0 Å². The van der Waals surface area contributed by atoms with Crippen molar-refractivity contribution in [2.45, 2.75) is 0 Å². The number of aromatic nitrogens is 2. The Morgan fingerprint density at radius 1 is 0.920 bits per heavy atom. The standard InChI is InChI=1S/C18H17Cl2N5/c1-25(2)14-6-4-13(5-7-14)22-17-9-10-21-18(24-17)23-16-11-12(19)3-8-15(16)20/h3-11H,1-2H3,(H2,21,22,23,24). The van der Waals surface area contributed by atoms with Crippen LogP contribution in [0.15, 0.2) is 54.7 Å². The highest BCUT2D eigenvalue weighted by Gasteiger charge is 2.05. The first kappa shape index (κ1) is 17.3. The van der Waals surface area contributed by atoms with Gasteiger partial charge in [-0.15, -0.1) is 0 Å². The highest BCUT2D eigenvalue weighted by molar-refractivity contribution is 6.35. The Kier molecular flexibility index (Phi) is 5.26. The number of nitrogens with one attached hydrogen (secondary N) is 2. The minimum absolute atomic E-state index is 0.430. The van der Waals surface area contributed by atoms with Gasteiger partial charge in [0.25, 0.3) is 0 Å². The highest BCUT2D eigenvalue weighted by Crippen LogP contribution is 2.27. The number of rotatable bonds is 5. The fraction of sp³-hybridized carbons (Fsp3) is 0.111. The number of benzene rings is 2. The second kappa shape index (κ2) is 7.59. The number of hydrogen-bond acceptors (Lipinski definition) is 5. The van der Waals surface area contributed by atoms with Crippen molar-refractivity contribution in [2.75, 3.05) is 29.6 Å². The predicted octanol–water partition coefficient (Wildman–Crippen LogP) is 5.34. The first-order chi connectivity index (χ1) is 12.0. The van der Waals surface area contributed by atoms with Gasteiger partial charge in [-0.05, 0) is 48.5 Å². The molecule has 128 valence electrons. The van der Waals surface area contributed by atoms with Gasteiger partial charge >= 0.3 is 0 Å². The van der Waals surface area contributed by atoms with Crippen LogP contribution in [0.5, 0.6) is 0 Å². The van der Waals surface area contributed by atoms with E-state index in [9.17, 15) is 0 Å². The second-order valence-electron chi connectivity index (χ2n) is 5.58. The van der Waals surface area contributed by atoms with E-state index in [1.807, 2.05) is 43.3 Å². The maximum absolute atomic E-state index is 6.16. The summed E-state index contributed by atoms with van der Waals surface area (Å²) >= 11 is 12.2. The summed E-state index contributed by atoms with van der Waals surface area (Å²) in [4.78, 5) is 10.7. The molecule has 5 nitrogen and oxygen atoms in total. The lowest BCUT2D eigenvalue weighted by Gasteiger charge is -2.13. The number of hydrogen-bond donors (Lipinski definition) is 2.